The maximum absolute atomic E-state index is 4.92. The predicted octanol–water partition coefficient (Wildman–Crippen LogP) is 5.84. The topological polar surface area (TPSA) is 16.1 Å². The maximum atomic E-state index is 4.92. The van der Waals surface area contributed by atoms with Crippen molar-refractivity contribution in [1.82, 2.24) is 4.98 Å². The number of rotatable bonds is 3. The minimum atomic E-state index is 0.856. The normalized spacial score (nSPS) is 13.3. The van der Waals surface area contributed by atoms with Crippen molar-refractivity contribution < 1.29 is 0 Å². The lowest BCUT2D eigenvalue weighted by molar-refractivity contribution is 0.937. The van der Waals surface area contributed by atoms with Crippen molar-refractivity contribution in [2.24, 2.45) is 0 Å². The van der Waals surface area contributed by atoms with Crippen LogP contribution < -0.4 is 4.90 Å². The Hall–Kier alpha value is -3.39. The van der Waals surface area contributed by atoms with E-state index in [2.05, 4.69) is 96.0 Å². The molecule has 4 aromatic rings. The Kier molecular flexibility index (Phi) is 3.95. The van der Waals surface area contributed by atoms with Gasteiger partial charge in [0.15, 0.2) is 0 Å². The lowest BCUT2D eigenvalue weighted by atomic mass is 9.96. The summed E-state index contributed by atoms with van der Waals surface area (Å²) in [5.41, 5.74) is 7.30. The van der Waals surface area contributed by atoms with Gasteiger partial charge in [-0.25, -0.2) is 4.98 Å². The van der Waals surface area contributed by atoms with Crippen LogP contribution in [0.25, 0.3) is 16.5 Å². The molecule has 1 aliphatic rings. The molecule has 0 radical (unpaired) electrons. The van der Waals surface area contributed by atoms with Crippen molar-refractivity contribution in [2.75, 3.05) is 4.90 Å². The molecule has 3 aromatic carbocycles. The molecule has 1 aromatic heterocycles. The number of hydrogen-bond donors (Lipinski definition) is 0. The van der Waals surface area contributed by atoms with Crippen LogP contribution in [-0.2, 0) is 13.0 Å². The average molecular weight is 348 g/mol. The van der Waals surface area contributed by atoms with Crippen LogP contribution in [0, 0.1) is 0 Å². The highest BCUT2D eigenvalue weighted by Crippen LogP contribution is 2.34. The van der Waals surface area contributed by atoms with Crippen molar-refractivity contribution >= 4 is 22.2 Å². The van der Waals surface area contributed by atoms with E-state index in [4.69, 9.17) is 4.98 Å². The van der Waals surface area contributed by atoms with E-state index >= 15 is 0 Å². The van der Waals surface area contributed by atoms with Gasteiger partial charge in [-0.2, -0.15) is 0 Å². The van der Waals surface area contributed by atoms with Crippen molar-refractivity contribution in [3.63, 3.8) is 0 Å². The molecule has 0 spiro atoms. The molecule has 130 valence electrons. The van der Waals surface area contributed by atoms with E-state index in [1.165, 1.54) is 27.8 Å². The molecule has 0 fully saturated rings. The number of hydrogen-bond acceptors (Lipinski definition) is 2. The van der Waals surface area contributed by atoms with Crippen LogP contribution in [-0.4, -0.2) is 4.98 Å². The highest BCUT2D eigenvalue weighted by atomic mass is 15.1. The molecule has 0 atom stereocenters. The molecule has 0 saturated carbocycles. The highest BCUT2D eigenvalue weighted by Gasteiger charge is 2.19. The molecule has 0 saturated heterocycles. The minimum absolute atomic E-state index is 0.856. The zero-order valence-corrected chi connectivity index (χ0v) is 15.0. The van der Waals surface area contributed by atoms with Gasteiger partial charge in [0.1, 0.15) is 0 Å². The van der Waals surface area contributed by atoms with Gasteiger partial charge in [0.2, 0.25) is 0 Å². The molecular formula is C25H20N2. The van der Waals surface area contributed by atoms with Gasteiger partial charge < -0.3 is 4.90 Å². The van der Waals surface area contributed by atoms with Gasteiger partial charge >= 0.3 is 0 Å². The molecule has 2 heterocycles. The Bertz CT molecular complexity index is 1130. The second-order valence-corrected chi connectivity index (χ2v) is 6.96. The van der Waals surface area contributed by atoms with Crippen LogP contribution in [0.5, 0.6) is 0 Å². The van der Waals surface area contributed by atoms with Gasteiger partial charge in [-0.15, -0.1) is 0 Å². The average Bonchev–Trinajstić information content (AvgIpc) is 2.74. The first kappa shape index (κ1) is 15.8. The van der Waals surface area contributed by atoms with Gasteiger partial charge in [0, 0.05) is 30.2 Å². The number of nitrogens with zero attached hydrogens (tertiary/aromatic N) is 2. The second kappa shape index (κ2) is 6.73. The first-order valence-electron chi connectivity index (χ1n) is 9.32. The van der Waals surface area contributed by atoms with Crippen LogP contribution in [0.3, 0.4) is 0 Å². The van der Waals surface area contributed by atoms with Crippen LogP contribution in [0.1, 0.15) is 16.8 Å². The number of aromatic nitrogens is 1. The van der Waals surface area contributed by atoms with Crippen molar-refractivity contribution in [3.05, 3.63) is 114 Å². The fourth-order valence-electron chi connectivity index (χ4n) is 3.76. The third kappa shape index (κ3) is 3.11. The molecule has 5 rings (SSSR count). The summed E-state index contributed by atoms with van der Waals surface area (Å²) < 4.78 is 0. The summed E-state index contributed by atoms with van der Waals surface area (Å²) in [6, 6.07) is 31.9. The Balaban J connectivity index is 1.57. The number of allylic oxidation sites excluding steroid dienone is 1. The summed E-state index contributed by atoms with van der Waals surface area (Å²) in [7, 11) is 0. The minimum Gasteiger partial charge on any atom is -0.343 e. The summed E-state index contributed by atoms with van der Waals surface area (Å²) in [5, 5.41) is 1.18. The van der Waals surface area contributed by atoms with Gasteiger partial charge in [0.25, 0.3) is 0 Å². The molecule has 27 heavy (non-hydrogen) atoms. The summed E-state index contributed by atoms with van der Waals surface area (Å²) in [6.45, 7) is 0.856. The number of benzene rings is 3. The number of para-hydroxylation sites is 2. The molecule has 2 heteroatoms. The molecule has 0 amide bonds. The zero-order chi connectivity index (χ0) is 18.1. The molecular weight excluding hydrogens is 328 g/mol. The zero-order valence-electron chi connectivity index (χ0n) is 15.0. The molecule has 0 bridgehead atoms. The first-order valence-corrected chi connectivity index (χ1v) is 9.32. The molecule has 0 unspecified atom stereocenters. The third-order valence-electron chi connectivity index (χ3n) is 5.12. The van der Waals surface area contributed by atoms with Crippen LogP contribution in [0.15, 0.2) is 97.2 Å². The number of anilines is 1. The van der Waals surface area contributed by atoms with Crippen LogP contribution in [0.2, 0.25) is 0 Å². The smallest absolute Gasteiger partial charge is 0.0709 e. The van der Waals surface area contributed by atoms with E-state index in [0.717, 1.165) is 24.2 Å². The molecule has 1 aliphatic heterocycles. The maximum Gasteiger partial charge on any atom is 0.0709 e. The Morgan fingerprint density at radius 1 is 0.741 bits per heavy atom. The largest absolute Gasteiger partial charge is 0.343 e. The molecule has 2 nitrogen and oxygen atoms in total. The Morgan fingerprint density at radius 2 is 1.52 bits per heavy atom. The molecule has 0 aliphatic carbocycles. The summed E-state index contributed by atoms with van der Waals surface area (Å²) in [4.78, 5) is 7.27. The van der Waals surface area contributed by atoms with Gasteiger partial charge in [-0.3, -0.25) is 0 Å². The lowest BCUT2D eigenvalue weighted by Crippen LogP contribution is -2.21. The molecule has 0 N–H and O–H groups in total. The summed E-state index contributed by atoms with van der Waals surface area (Å²) in [6.07, 6.45) is 3.18. The predicted molar refractivity (Wildman–Crippen MR) is 112 cm³/mol. The quantitative estimate of drug-likeness (QED) is 0.462. The first-order chi connectivity index (χ1) is 13.4. The van der Waals surface area contributed by atoms with Crippen LogP contribution in [0.4, 0.5) is 5.69 Å². The van der Waals surface area contributed by atoms with Crippen LogP contribution >= 0.6 is 0 Å². The number of fused-ring (bicyclic) bond motifs is 2. The van der Waals surface area contributed by atoms with E-state index in [1.54, 1.807) is 0 Å². The van der Waals surface area contributed by atoms with E-state index in [-0.39, 0.29) is 0 Å². The Labute approximate surface area is 159 Å². The standard InChI is InChI=1S/C25H20N2/c1-2-8-19(9-3-1)17-27-18-22(16-21-11-5-7-13-25(21)27)24-15-14-20-10-4-6-12-23(20)26-24/h1-15,18H,16-17H2. The highest BCUT2D eigenvalue weighted by molar-refractivity contribution is 5.83. The van der Waals surface area contributed by atoms with Crippen molar-refractivity contribution in [1.29, 1.82) is 0 Å². The SMILES string of the molecule is C1=C(c2ccc3ccccc3n2)Cc2ccccc2N1Cc1ccccc1. The Morgan fingerprint density at radius 3 is 2.44 bits per heavy atom. The van der Waals surface area contributed by atoms with Gasteiger partial charge in [0.05, 0.1) is 11.2 Å². The summed E-state index contributed by atoms with van der Waals surface area (Å²) in [5.74, 6) is 0. The van der Waals surface area contributed by atoms with E-state index in [1.807, 2.05) is 6.07 Å². The monoisotopic (exact) mass is 348 g/mol. The third-order valence-corrected chi connectivity index (χ3v) is 5.12. The fourth-order valence-corrected chi connectivity index (χ4v) is 3.76. The second-order valence-electron chi connectivity index (χ2n) is 6.96. The van der Waals surface area contributed by atoms with E-state index in [0.29, 0.717) is 0 Å². The lowest BCUT2D eigenvalue weighted by Gasteiger charge is -2.29. The van der Waals surface area contributed by atoms with Crippen molar-refractivity contribution in [3.8, 4) is 0 Å². The van der Waals surface area contributed by atoms with Gasteiger partial charge in [-0.1, -0.05) is 72.8 Å². The van der Waals surface area contributed by atoms with Gasteiger partial charge in [-0.05, 0) is 34.9 Å². The fraction of sp³-hybridized carbons (Fsp3) is 0.0800. The van der Waals surface area contributed by atoms with E-state index < -0.39 is 0 Å². The number of pyridine rings is 1. The summed E-state index contributed by atoms with van der Waals surface area (Å²) >= 11 is 0. The van der Waals surface area contributed by atoms with E-state index in [9.17, 15) is 0 Å². The van der Waals surface area contributed by atoms with Crippen molar-refractivity contribution in [2.45, 2.75) is 13.0 Å².